The Bertz CT molecular complexity index is 1720. The van der Waals surface area contributed by atoms with Crippen LogP contribution in [0.25, 0.3) is 27.7 Å². The van der Waals surface area contributed by atoms with Crippen LogP contribution >= 0.6 is 0 Å². The number of likely N-dealkylation sites (tertiary alicyclic amines) is 1. The van der Waals surface area contributed by atoms with E-state index in [0.29, 0.717) is 35.1 Å². The zero-order chi connectivity index (χ0) is 27.1. The minimum Gasteiger partial charge on any atom is -0.356 e. The van der Waals surface area contributed by atoms with Crippen molar-refractivity contribution in [3.05, 3.63) is 99.9 Å². The van der Waals surface area contributed by atoms with Gasteiger partial charge in [-0.25, -0.2) is 9.37 Å². The number of piperidine rings is 1. The number of alkyl halides is 3. The van der Waals surface area contributed by atoms with Crippen molar-refractivity contribution in [1.82, 2.24) is 19.6 Å². The van der Waals surface area contributed by atoms with Gasteiger partial charge in [0.2, 0.25) is 0 Å². The molecular formula is C29H24F4N4O2. The van der Waals surface area contributed by atoms with Crippen molar-refractivity contribution >= 4 is 22.0 Å². The molecule has 0 spiro atoms. The summed E-state index contributed by atoms with van der Waals surface area (Å²) in [6, 6.07) is 14.5. The summed E-state index contributed by atoms with van der Waals surface area (Å²) in [4.78, 5) is 20.1. The number of halogens is 4. The quantitative estimate of drug-likeness (QED) is 0.254. The Morgan fingerprint density at radius 1 is 1.00 bits per heavy atom. The average molecular weight is 537 g/mol. The molecule has 39 heavy (non-hydrogen) atoms. The highest BCUT2D eigenvalue weighted by Gasteiger charge is 2.31. The Labute approximate surface area is 220 Å². The van der Waals surface area contributed by atoms with Gasteiger partial charge in [0.05, 0.1) is 16.9 Å². The number of fused-ring (bicyclic) bond motifs is 2. The number of hydrogen-bond acceptors (Lipinski definition) is 5. The van der Waals surface area contributed by atoms with Gasteiger partial charge in [0.15, 0.2) is 5.58 Å². The highest BCUT2D eigenvalue weighted by atomic mass is 19.4. The molecule has 2 aromatic carbocycles. The predicted octanol–water partition coefficient (Wildman–Crippen LogP) is 6.11. The van der Waals surface area contributed by atoms with Gasteiger partial charge < -0.3 is 9.42 Å². The number of aromatic nitrogens is 3. The van der Waals surface area contributed by atoms with Crippen molar-refractivity contribution in [2.45, 2.75) is 31.4 Å². The fourth-order valence-electron chi connectivity index (χ4n) is 5.37. The highest BCUT2D eigenvalue weighted by molar-refractivity contribution is 5.80. The van der Waals surface area contributed by atoms with Gasteiger partial charge in [-0.3, -0.25) is 9.36 Å². The Morgan fingerprint density at radius 3 is 2.62 bits per heavy atom. The summed E-state index contributed by atoms with van der Waals surface area (Å²) in [6.07, 6.45) is -0.880. The maximum Gasteiger partial charge on any atom is 0.416 e. The van der Waals surface area contributed by atoms with E-state index in [2.05, 4.69) is 15.0 Å². The van der Waals surface area contributed by atoms with E-state index in [9.17, 15) is 22.4 Å². The Morgan fingerprint density at radius 2 is 1.82 bits per heavy atom. The number of hydrogen-bond donors (Lipinski definition) is 0. The highest BCUT2D eigenvalue weighted by Crippen LogP contribution is 2.33. The first kappa shape index (κ1) is 25.2. The largest absolute Gasteiger partial charge is 0.416 e. The standard InChI is InChI=1S/C29H24F4N4O2/c30-22-6-7-24-25(17-22)39-35-26(24)18-8-12-36(13-9-18)14-10-20-15-19-3-2-11-34-27(19)37(28(20)38)23-5-1-4-21(16-23)29(31,32)33/h1-7,11,15-18H,8-10,12-14H2. The molecule has 200 valence electrons. The first-order valence-corrected chi connectivity index (χ1v) is 12.7. The van der Waals surface area contributed by atoms with Gasteiger partial charge >= 0.3 is 6.18 Å². The van der Waals surface area contributed by atoms with E-state index >= 15 is 0 Å². The second kappa shape index (κ2) is 9.92. The fraction of sp³-hybridized carbons (Fsp3) is 0.276. The average Bonchev–Trinajstić information content (AvgIpc) is 3.35. The Hall–Kier alpha value is -4.05. The van der Waals surface area contributed by atoms with E-state index in [1.807, 2.05) is 0 Å². The van der Waals surface area contributed by atoms with Crippen LogP contribution in [0.2, 0.25) is 0 Å². The van der Waals surface area contributed by atoms with Gasteiger partial charge in [-0.1, -0.05) is 11.2 Å². The molecule has 4 heterocycles. The first-order valence-electron chi connectivity index (χ1n) is 12.7. The van der Waals surface area contributed by atoms with Crippen molar-refractivity contribution in [3.8, 4) is 5.69 Å². The van der Waals surface area contributed by atoms with E-state index < -0.39 is 11.7 Å². The SMILES string of the molecule is O=c1c(CCN2CCC(c3noc4cc(F)ccc34)CC2)cc2cccnc2n1-c1cccc(C(F)(F)F)c1. The molecule has 0 atom stereocenters. The number of nitrogens with zero attached hydrogens (tertiary/aromatic N) is 4. The van der Waals surface area contributed by atoms with Crippen molar-refractivity contribution in [2.75, 3.05) is 19.6 Å². The van der Waals surface area contributed by atoms with Crippen LogP contribution in [0.5, 0.6) is 0 Å². The second-order valence-electron chi connectivity index (χ2n) is 9.85. The Kier molecular flexibility index (Phi) is 6.42. The van der Waals surface area contributed by atoms with Crippen LogP contribution in [-0.2, 0) is 12.6 Å². The van der Waals surface area contributed by atoms with E-state index in [-0.39, 0.29) is 23.0 Å². The zero-order valence-corrected chi connectivity index (χ0v) is 20.8. The maximum absolute atomic E-state index is 13.6. The summed E-state index contributed by atoms with van der Waals surface area (Å²) in [6.45, 7) is 2.20. The molecule has 0 N–H and O–H groups in total. The molecule has 1 fully saturated rings. The normalized spacial score (nSPS) is 15.4. The molecule has 0 bridgehead atoms. The number of pyridine rings is 2. The topological polar surface area (TPSA) is 64.2 Å². The van der Waals surface area contributed by atoms with E-state index in [0.717, 1.165) is 49.1 Å². The summed E-state index contributed by atoms with van der Waals surface area (Å²) in [7, 11) is 0. The van der Waals surface area contributed by atoms with Crippen LogP contribution in [0.15, 0.2) is 76.2 Å². The van der Waals surface area contributed by atoms with Crippen LogP contribution in [0, 0.1) is 5.82 Å². The van der Waals surface area contributed by atoms with E-state index in [4.69, 9.17) is 4.52 Å². The molecule has 5 aromatic rings. The van der Waals surface area contributed by atoms with Gasteiger partial charge in [0.25, 0.3) is 5.56 Å². The molecule has 0 unspecified atom stereocenters. The molecule has 6 nitrogen and oxygen atoms in total. The minimum absolute atomic E-state index is 0.126. The summed E-state index contributed by atoms with van der Waals surface area (Å²) < 4.78 is 60.2. The second-order valence-corrected chi connectivity index (χ2v) is 9.85. The fourth-order valence-corrected chi connectivity index (χ4v) is 5.37. The van der Waals surface area contributed by atoms with Gasteiger partial charge in [-0.15, -0.1) is 0 Å². The molecule has 0 amide bonds. The molecule has 6 rings (SSSR count). The third-order valence-corrected chi connectivity index (χ3v) is 7.40. The summed E-state index contributed by atoms with van der Waals surface area (Å²) in [5.41, 5.74) is 1.03. The predicted molar refractivity (Wildman–Crippen MR) is 138 cm³/mol. The summed E-state index contributed by atoms with van der Waals surface area (Å²) in [5.74, 6) is -0.172. The summed E-state index contributed by atoms with van der Waals surface area (Å²) >= 11 is 0. The monoisotopic (exact) mass is 536 g/mol. The minimum atomic E-state index is -4.53. The molecule has 1 aliphatic rings. The van der Waals surface area contributed by atoms with Crippen molar-refractivity contribution in [2.24, 2.45) is 0 Å². The van der Waals surface area contributed by atoms with Crippen molar-refractivity contribution in [3.63, 3.8) is 0 Å². The number of rotatable bonds is 5. The van der Waals surface area contributed by atoms with Gasteiger partial charge in [0.1, 0.15) is 11.5 Å². The summed E-state index contributed by atoms with van der Waals surface area (Å²) in [5, 5.41) is 5.71. The van der Waals surface area contributed by atoms with Gasteiger partial charge in [-0.05, 0) is 80.9 Å². The molecule has 10 heteroatoms. The lowest BCUT2D eigenvalue weighted by molar-refractivity contribution is -0.137. The smallest absolute Gasteiger partial charge is 0.356 e. The lowest BCUT2D eigenvalue weighted by Gasteiger charge is -2.31. The van der Waals surface area contributed by atoms with Crippen LogP contribution in [-0.4, -0.2) is 39.2 Å². The van der Waals surface area contributed by atoms with Gasteiger partial charge in [0, 0.05) is 41.1 Å². The van der Waals surface area contributed by atoms with Crippen LogP contribution in [0.4, 0.5) is 17.6 Å². The van der Waals surface area contributed by atoms with Crippen LogP contribution in [0.1, 0.15) is 35.6 Å². The molecule has 0 aliphatic carbocycles. The Balaban J connectivity index is 1.22. The lowest BCUT2D eigenvalue weighted by Crippen LogP contribution is -2.35. The van der Waals surface area contributed by atoms with E-state index in [1.54, 1.807) is 24.3 Å². The number of benzene rings is 2. The molecule has 0 radical (unpaired) electrons. The van der Waals surface area contributed by atoms with E-state index in [1.165, 1.54) is 35.0 Å². The molecule has 3 aromatic heterocycles. The van der Waals surface area contributed by atoms with Gasteiger partial charge in [-0.2, -0.15) is 13.2 Å². The zero-order valence-electron chi connectivity index (χ0n) is 20.8. The van der Waals surface area contributed by atoms with Crippen LogP contribution in [0.3, 0.4) is 0 Å². The third-order valence-electron chi connectivity index (χ3n) is 7.40. The molecular weight excluding hydrogens is 512 g/mol. The molecule has 1 aliphatic heterocycles. The van der Waals surface area contributed by atoms with Crippen LogP contribution < -0.4 is 5.56 Å². The lowest BCUT2D eigenvalue weighted by atomic mass is 9.91. The third kappa shape index (κ3) is 4.92. The molecule has 0 saturated carbocycles. The van der Waals surface area contributed by atoms with Crippen molar-refractivity contribution < 1.29 is 22.1 Å². The molecule has 1 saturated heterocycles. The van der Waals surface area contributed by atoms with Crippen molar-refractivity contribution in [1.29, 1.82) is 0 Å². The maximum atomic E-state index is 13.6. The first-order chi connectivity index (χ1) is 18.8.